The monoisotopic (exact) mass is 359 g/mol. The maximum Gasteiger partial charge on any atom is 0.222 e. The number of imidazole rings is 1. The van der Waals surface area contributed by atoms with Gasteiger partial charge in [-0.2, -0.15) is 4.98 Å². The summed E-state index contributed by atoms with van der Waals surface area (Å²) in [5, 5.41) is 3.17. The number of nitrogens with zero attached hydrogens (tertiary/aromatic N) is 5. The van der Waals surface area contributed by atoms with Gasteiger partial charge in [0.1, 0.15) is 11.3 Å². The van der Waals surface area contributed by atoms with Gasteiger partial charge in [-0.1, -0.05) is 24.3 Å². The zero-order valence-electron chi connectivity index (χ0n) is 15.3. The van der Waals surface area contributed by atoms with Gasteiger partial charge in [0.2, 0.25) is 5.95 Å². The van der Waals surface area contributed by atoms with Gasteiger partial charge in [-0.05, 0) is 31.2 Å². The smallest absolute Gasteiger partial charge is 0.222 e. The molecule has 0 radical (unpaired) electrons. The van der Waals surface area contributed by atoms with Gasteiger partial charge in [-0.3, -0.25) is 4.98 Å². The van der Waals surface area contributed by atoms with E-state index in [0.29, 0.717) is 0 Å². The van der Waals surface area contributed by atoms with Gasteiger partial charge in [0.15, 0.2) is 5.65 Å². The summed E-state index contributed by atoms with van der Waals surface area (Å²) in [7, 11) is 1.94. The number of fused-ring (bicyclic) bond motifs is 1. The third kappa shape index (κ3) is 3.13. The Morgan fingerprint density at radius 2 is 1.85 bits per heavy atom. The fourth-order valence-corrected chi connectivity index (χ4v) is 3.26. The zero-order chi connectivity index (χ0) is 18.8. The Hall–Kier alpha value is -3.32. The molecule has 7 heteroatoms. The van der Waals surface area contributed by atoms with Crippen LogP contribution in [0.2, 0.25) is 0 Å². The molecule has 1 aromatic carbocycles. The molecule has 136 valence electrons. The second kappa shape index (κ2) is 7.13. The number of benzene rings is 1. The number of hydrogen-bond donors (Lipinski definition) is 2. The first-order chi connectivity index (χ1) is 13.2. The lowest BCUT2D eigenvalue weighted by Gasteiger charge is -2.11. The van der Waals surface area contributed by atoms with Crippen LogP contribution in [0.4, 0.5) is 5.95 Å². The van der Waals surface area contributed by atoms with Crippen molar-refractivity contribution >= 4 is 17.1 Å². The Kier molecular flexibility index (Phi) is 4.52. The van der Waals surface area contributed by atoms with Crippen LogP contribution in [0.25, 0.3) is 33.7 Å². The number of aryl methyl sites for hydroxylation is 1. The zero-order valence-corrected chi connectivity index (χ0v) is 15.3. The summed E-state index contributed by atoms with van der Waals surface area (Å²) in [6.07, 6.45) is 5.33. The standard InChI is InChI=1S/C20H21N7/c1-3-27-18(25-17-12-24-20(21)26-19(17)27)15-8-9-23-11-16(15)14-6-4-13(5-7-14)10-22-2/h4-9,11-12,22H,3,10H2,1-2H3,(H2,21,24,26). The van der Waals surface area contributed by atoms with Crippen LogP contribution in [0, 0.1) is 0 Å². The van der Waals surface area contributed by atoms with Gasteiger partial charge >= 0.3 is 0 Å². The van der Waals surface area contributed by atoms with Gasteiger partial charge in [0.05, 0.1) is 6.20 Å². The number of anilines is 1. The molecule has 3 aromatic heterocycles. The molecular formula is C20H21N7. The van der Waals surface area contributed by atoms with Crippen molar-refractivity contribution in [2.24, 2.45) is 0 Å². The van der Waals surface area contributed by atoms with Crippen LogP contribution in [0.3, 0.4) is 0 Å². The van der Waals surface area contributed by atoms with Crippen molar-refractivity contribution in [3.63, 3.8) is 0 Å². The number of rotatable bonds is 5. The van der Waals surface area contributed by atoms with E-state index in [2.05, 4.69) is 56.0 Å². The van der Waals surface area contributed by atoms with E-state index < -0.39 is 0 Å². The molecule has 0 saturated carbocycles. The third-order valence-electron chi connectivity index (χ3n) is 4.53. The van der Waals surface area contributed by atoms with Crippen LogP contribution >= 0.6 is 0 Å². The summed E-state index contributed by atoms with van der Waals surface area (Å²) in [6.45, 7) is 3.63. The highest BCUT2D eigenvalue weighted by atomic mass is 15.2. The summed E-state index contributed by atoms with van der Waals surface area (Å²) in [5.41, 5.74) is 11.6. The van der Waals surface area contributed by atoms with E-state index in [0.717, 1.165) is 46.8 Å². The van der Waals surface area contributed by atoms with Gasteiger partial charge < -0.3 is 15.6 Å². The van der Waals surface area contributed by atoms with Crippen LogP contribution in [-0.2, 0) is 13.1 Å². The second-order valence-electron chi connectivity index (χ2n) is 6.27. The average Bonchev–Trinajstić information content (AvgIpc) is 3.06. The van der Waals surface area contributed by atoms with E-state index >= 15 is 0 Å². The molecule has 0 unspecified atom stereocenters. The summed E-state index contributed by atoms with van der Waals surface area (Å²) in [4.78, 5) is 17.5. The molecule has 27 heavy (non-hydrogen) atoms. The number of nitrogens with one attached hydrogen (secondary N) is 1. The van der Waals surface area contributed by atoms with Crippen molar-refractivity contribution in [3.05, 3.63) is 54.5 Å². The molecule has 4 aromatic rings. The average molecular weight is 359 g/mol. The fraction of sp³-hybridized carbons (Fsp3) is 0.200. The lowest BCUT2D eigenvalue weighted by Crippen LogP contribution is -2.04. The van der Waals surface area contributed by atoms with Crippen molar-refractivity contribution in [3.8, 4) is 22.5 Å². The molecule has 0 atom stereocenters. The number of nitrogens with two attached hydrogens (primary N) is 1. The van der Waals surface area contributed by atoms with Gasteiger partial charge in [0.25, 0.3) is 0 Å². The van der Waals surface area contributed by atoms with Crippen molar-refractivity contribution in [1.82, 2.24) is 29.8 Å². The van der Waals surface area contributed by atoms with Crippen molar-refractivity contribution in [1.29, 1.82) is 0 Å². The molecule has 7 nitrogen and oxygen atoms in total. The predicted octanol–water partition coefficient (Wildman–Crippen LogP) is 2.88. The summed E-state index contributed by atoms with van der Waals surface area (Å²) in [5.74, 6) is 1.09. The first-order valence-corrected chi connectivity index (χ1v) is 8.88. The summed E-state index contributed by atoms with van der Waals surface area (Å²) in [6, 6.07) is 10.5. The molecule has 0 bridgehead atoms. The van der Waals surface area contributed by atoms with Gasteiger partial charge in [-0.15, -0.1) is 0 Å². The minimum absolute atomic E-state index is 0.249. The first kappa shape index (κ1) is 17.1. The van der Waals surface area contributed by atoms with E-state index in [9.17, 15) is 0 Å². The molecule has 0 amide bonds. The van der Waals surface area contributed by atoms with Crippen LogP contribution in [-0.4, -0.2) is 31.6 Å². The predicted molar refractivity (Wildman–Crippen MR) is 107 cm³/mol. The third-order valence-corrected chi connectivity index (χ3v) is 4.53. The number of aromatic nitrogens is 5. The quantitative estimate of drug-likeness (QED) is 0.569. The van der Waals surface area contributed by atoms with Gasteiger partial charge in [0, 0.05) is 36.6 Å². The Labute approximate surface area is 157 Å². The van der Waals surface area contributed by atoms with Crippen molar-refractivity contribution < 1.29 is 0 Å². The van der Waals surface area contributed by atoms with E-state index in [1.165, 1.54) is 5.56 Å². The molecule has 4 rings (SSSR count). The molecule has 0 saturated heterocycles. The Morgan fingerprint density at radius 3 is 2.59 bits per heavy atom. The lowest BCUT2D eigenvalue weighted by atomic mass is 10.0. The number of hydrogen-bond acceptors (Lipinski definition) is 6. The normalized spacial score (nSPS) is 11.2. The maximum atomic E-state index is 5.78. The van der Waals surface area contributed by atoms with Crippen LogP contribution in [0.5, 0.6) is 0 Å². The van der Waals surface area contributed by atoms with Crippen LogP contribution < -0.4 is 11.1 Å². The molecule has 3 heterocycles. The molecule has 0 aliphatic rings. The second-order valence-corrected chi connectivity index (χ2v) is 6.27. The fourth-order valence-electron chi connectivity index (χ4n) is 3.26. The number of pyridine rings is 1. The van der Waals surface area contributed by atoms with Gasteiger partial charge in [-0.25, -0.2) is 9.97 Å². The molecule has 0 aliphatic carbocycles. The van der Waals surface area contributed by atoms with Crippen molar-refractivity contribution in [2.45, 2.75) is 20.0 Å². The minimum atomic E-state index is 0.249. The van der Waals surface area contributed by atoms with E-state index in [4.69, 9.17) is 10.7 Å². The maximum absolute atomic E-state index is 5.78. The molecule has 3 N–H and O–H groups in total. The Morgan fingerprint density at radius 1 is 1.04 bits per heavy atom. The Bertz CT molecular complexity index is 1080. The molecular weight excluding hydrogens is 338 g/mol. The SMILES string of the molecule is CCn1c(-c2ccncc2-c2ccc(CNC)cc2)nc2cnc(N)nc21. The van der Waals surface area contributed by atoms with Crippen molar-refractivity contribution in [2.75, 3.05) is 12.8 Å². The summed E-state index contributed by atoms with van der Waals surface area (Å²) >= 11 is 0. The van der Waals surface area contributed by atoms with E-state index in [1.807, 2.05) is 19.3 Å². The van der Waals surface area contributed by atoms with E-state index in [-0.39, 0.29) is 5.95 Å². The highest BCUT2D eigenvalue weighted by Crippen LogP contribution is 2.32. The first-order valence-electron chi connectivity index (χ1n) is 8.88. The van der Waals surface area contributed by atoms with Crippen LogP contribution in [0.1, 0.15) is 12.5 Å². The van der Waals surface area contributed by atoms with Crippen LogP contribution in [0.15, 0.2) is 48.9 Å². The number of nitrogen functional groups attached to an aromatic ring is 1. The highest BCUT2D eigenvalue weighted by Gasteiger charge is 2.17. The largest absolute Gasteiger partial charge is 0.368 e. The molecule has 0 spiro atoms. The summed E-state index contributed by atoms with van der Waals surface area (Å²) < 4.78 is 2.06. The minimum Gasteiger partial charge on any atom is -0.368 e. The highest BCUT2D eigenvalue weighted by molar-refractivity contribution is 5.84. The lowest BCUT2D eigenvalue weighted by molar-refractivity contribution is 0.787. The van der Waals surface area contributed by atoms with E-state index in [1.54, 1.807) is 12.4 Å². The Balaban J connectivity index is 1.87. The topological polar surface area (TPSA) is 94.5 Å². The molecule has 0 fully saturated rings. The molecule has 0 aliphatic heterocycles.